The van der Waals surface area contributed by atoms with Gasteiger partial charge in [-0.15, -0.1) is 0 Å². The SMILES string of the molecule is CC(C)C(NC(=O)OCc1ccccc1)C(=O)NC1OCCCCNC(=O)C1=O. The predicted molar refractivity (Wildman–Crippen MR) is 104 cm³/mol. The van der Waals surface area contributed by atoms with Gasteiger partial charge in [0.2, 0.25) is 5.91 Å². The van der Waals surface area contributed by atoms with Gasteiger partial charge < -0.3 is 25.4 Å². The molecule has 0 bridgehead atoms. The first kappa shape index (κ1) is 22.4. The molecule has 9 heteroatoms. The molecule has 1 fully saturated rings. The Hall–Kier alpha value is -2.94. The molecule has 1 aliphatic heterocycles. The van der Waals surface area contributed by atoms with Crippen molar-refractivity contribution in [1.29, 1.82) is 0 Å². The number of carbonyl (C=O) groups is 4. The van der Waals surface area contributed by atoms with Crippen LogP contribution >= 0.6 is 0 Å². The van der Waals surface area contributed by atoms with Crippen molar-refractivity contribution in [3.8, 4) is 0 Å². The number of benzene rings is 1. The Balaban J connectivity index is 1.95. The number of Topliss-reactive ketones (excluding diaryl/α,β-unsaturated/α-hetero) is 1. The van der Waals surface area contributed by atoms with Crippen LogP contribution in [0.1, 0.15) is 32.3 Å². The van der Waals surface area contributed by atoms with Gasteiger partial charge in [-0.05, 0) is 24.3 Å². The predicted octanol–water partition coefficient (Wildman–Crippen LogP) is 0.875. The van der Waals surface area contributed by atoms with E-state index in [1.165, 1.54) is 0 Å². The molecule has 2 rings (SSSR count). The number of rotatable bonds is 6. The molecule has 3 amide bonds. The third kappa shape index (κ3) is 7.19. The number of carbonyl (C=O) groups excluding carboxylic acids is 4. The summed E-state index contributed by atoms with van der Waals surface area (Å²) in [6, 6.07) is 8.15. The fraction of sp³-hybridized carbons (Fsp3) is 0.500. The molecule has 2 atom stereocenters. The standard InChI is InChI=1S/C20H27N3O6/c1-13(2)15(22-20(27)29-12-14-8-4-3-5-9-14)17(25)23-19-16(24)18(26)21-10-6-7-11-28-19/h3-5,8-9,13,15,19H,6-7,10-12H2,1-2H3,(H,21,26)(H,22,27)(H,23,25). The van der Waals surface area contributed by atoms with E-state index in [9.17, 15) is 19.2 Å². The molecule has 1 aromatic rings. The lowest BCUT2D eigenvalue weighted by atomic mass is 10.0. The number of hydrogen-bond donors (Lipinski definition) is 3. The Morgan fingerprint density at radius 2 is 1.93 bits per heavy atom. The summed E-state index contributed by atoms with van der Waals surface area (Å²) in [5.41, 5.74) is 0.809. The molecular weight excluding hydrogens is 378 g/mol. The second-order valence-corrected chi connectivity index (χ2v) is 7.01. The molecule has 0 radical (unpaired) electrons. The molecular formula is C20H27N3O6. The van der Waals surface area contributed by atoms with E-state index in [4.69, 9.17) is 9.47 Å². The van der Waals surface area contributed by atoms with Gasteiger partial charge >= 0.3 is 6.09 Å². The van der Waals surface area contributed by atoms with Crippen molar-refractivity contribution in [2.75, 3.05) is 13.2 Å². The zero-order valence-corrected chi connectivity index (χ0v) is 16.6. The van der Waals surface area contributed by atoms with Crippen molar-refractivity contribution < 1.29 is 28.7 Å². The monoisotopic (exact) mass is 405 g/mol. The Kier molecular flexibility index (Phi) is 8.60. The minimum atomic E-state index is -1.40. The van der Waals surface area contributed by atoms with Crippen molar-refractivity contribution in [2.45, 2.75) is 45.6 Å². The summed E-state index contributed by atoms with van der Waals surface area (Å²) in [4.78, 5) is 48.8. The smallest absolute Gasteiger partial charge is 0.408 e. The second kappa shape index (κ2) is 11.2. The van der Waals surface area contributed by atoms with Crippen molar-refractivity contribution in [2.24, 2.45) is 5.92 Å². The second-order valence-electron chi connectivity index (χ2n) is 7.01. The molecule has 0 spiro atoms. The molecule has 9 nitrogen and oxygen atoms in total. The Labute approximate surface area is 169 Å². The molecule has 0 saturated carbocycles. The minimum absolute atomic E-state index is 0.0590. The molecule has 0 aliphatic carbocycles. The van der Waals surface area contributed by atoms with Crippen LogP contribution in [-0.2, 0) is 30.5 Å². The average Bonchev–Trinajstić information content (AvgIpc) is 2.78. The minimum Gasteiger partial charge on any atom is -0.445 e. The van der Waals surface area contributed by atoms with Crippen LogP contribution in [0.5, 0.6) is 0 Å². The molecule has 1 aromatic carbocycles. The number of alkyl carbamates (subject to hydrolysis) is 1. The van der Waals surface area contributed by atoms with Gasteiger partial charge in [0.1, 0.15) is 12.6 Å². The molecule has 1 aliphatic rings. The van der Waals surface area contributed by atoms with Crippen LogP contribution in [0.3, 0.4) is 0 Å². The molecule has 1 heterocycles. The topological polar surface area (TPSA) is 123 Å². The van der Waals surface area contributed by atoms with Crippen molar-refractivity contribution in [1.82, 2.24) is 16.0 Å². The van der Waals surface area contributed by atoms with Crippen molar-refractivity contribution in [3.05, 3.63) is 35.9 Å². The van der Waals surface area contributed by atoms with Crippen molar-refractivity contribution >= 4 is 23.7 Å². The summed E-state index contributed by atoms with van der Waals surface area (Å²) in [6.45, 7) is 4.13. The van der Waals surface area contributed by atoms with Gasteiger partial charge in [0, 0.05) is 13.2 Å². The van der Waals surface area contributed by atoms with Crippen LogP contribution in [0, 0.1) is 5.92 Å². The van der Waals surface area contributed by atoms with Gasteiger partial charge in [-0.25, -0.2) is 4.79 Å². The number of amides is 3. The maximum atomic E-state index is 12.7. The van der Waals surface area contributed by atoms with Gasteiger partial charge in [0.05, 0.1) is 0 Å². The fourth-order valence-electron chi connectivity index (χ4n) is 2.66. The number of ether oxygens (including phenoxy) is 2. The first-order chi connectivity index (χ1) is 13.9. The Morgan fingerprint density at radius 1 is 1.21 bits per heavy atom. The highest BCUT2D eigenvalue weighted by molar-refractivity contribution is 6.38. The lowest BCUT2D eigenvalue weighted by Gasteiger charge is -2.24. The molecule has 0 aromatic heterocycles. The molecule has 1 saturated heterocycles. The van der Waals surface area contributed by atoms with Crippen LogP contribution in [0.15, 0.2) is 30.3 Å². The van der Waals surface area contributed by atoms with Crippen LogP contribution in [-0.4, -0.2) is 49.1 Å². The van der Waals surface area contributed by atoms with Gasteiger partial charge in [0.25, 0.3) is 11.7 Å². The molecule has 2 unspecified atom stereocenters. The fourth-order valence-corrected chi connectivity index (χ4v) is 2.66. The van der Waals surface area contributed by atoms with E-state index in [2.05, 4.69) is 16.0 Å². The van der Waals surface area contributed by atoms with Crippen LogP contribution in [0.2, 0.25) is 0 Å². The lowest BCUT2D eigenvalue weighted by Crippen LogP contribution is -2.56. The highest BCUT2D eigenvalue weighted by Gasteiger charge is 2.32. The van der Waals surface area contributed by atoms with E-state index in [-0.39, 0.29) is 19.1 Å². The molecule has 29 heavy (non-hydrogen) atoms. The van der Waals surface area contributed by atoms with E-state index in [1.807, 2.05) is 30.3 Å². The zero-order valence-electron chi connectivity index (χ0n) is 16.6. The van der Waals surface area contributed by atoms with E-state index in [1.54, 1.807) is 13.8 Å². The summed E-state index contributed by atoms with van der Waals surface area (Å²) in [5.74, 6) is -2.62. The summed E-state index contributed by atoms with van der Waals surface area (Å²) in [7, 11) is 0. The Morgan fingerprint density at radius 3 is 2.62 bits per heavy atom. The highest BCUT2D eigenvalue weighted by Crippen LogP contribution is 2.06. The molecule has 158 valence electrons. The summed E-state index contributed by atoms with van der Waals surface area (Å²) in [6.07, 6.45) is -0.855. The summed E-state index contributed by atoms with van der Waals surface area (Å²) in [5, 5.41) is 7.40. The van der Waals surface area contributed by atoms with Gasteiger partial charge in [-0.3, -0.25) is 14.4 Å². The van der Waals surface area contributed by atoms with E-state index in [0.29, 0.717) is 19.4 Å². The third-order valence-electron chi connectivity index (χ3n) is 4.31. The highest BCUT2D eigenvalue weighted by atomic mass is 16.5. The van der Waals surface area contributed by atoms with Crippen molar-refractivity contribution in [3.63, 3.8) is 0 Å². The summed E-state index contributed by atoms with van der Waals surface area (Å²) >= 11 is 0. The van der Waals surface area contributed by atoms with Crippen LogP contribution in [0.4, 0.5) is 4.79 Å². The van der Waals surface area contributed by atoms with Crippen LogP contribution < -0.4 is 16.0 Å². The zero-order chi connectivity index (χ0) is 21.2. The maximum absolute atomic E-state index is 12.7. The first-order valence-electron chi connectivity index (χ1n) is 9.59. The normalized spacial score (nSPS) is 18.7. The number of ketones is 1. The quantitative estimate of drug-likeness (QED) is 0.604. The summed E-state index contributed by atoms with van der Waals surface area (Å²) < 4.78 is 10.5. The van der Waals surface area contributed by atoms with Gasteiger partial charge in [-0.1, -0.05) is 44.2 Å². The average molecular weight is 405 g/mol. The lowest BCUT2D eigenvalue weighted by molar-refractivity contribution is -0.148. The molecule has 3 N–H and O–H groups in total. The van der Waals surface area contributed by atoms with Crippen LogP contribution in [0.25, 0.3) is 0 Å². The van der Waals surface area contributed by atoms with Gasteiger partial charge in [-0.2, -0.15) is 0 Å². The largest absolute Gasteiger partial charge is 0.445 e. The number of nitrogens with one attached hydrogen (secondary N) is 3. The maximum Gasteiger partial charge on any atom is 0.408 e. The Bertz CT molecular complexity index is 722. The van der Waals surface area contributed by atoms with E-state index in [0.717, 1.165) is 5.56 Å². The van der Waals surface area contributed by atoms with Gasteiger partial charge in [0.15, 0.2) is 6.23 Å². The van der Waals surface area contributed by atoms with E-state index >= 15 is 0 Å². The first-order valence-corrected chi connectivity index (χ1v) is 9.59. The third-order valence-corrected chi connectivity index (χ3v) is 4.31. The number of hydrogen-bond acceptors (Lipinski definition) is 6. The van der Waals surface area contributed by atoms with E-state index < -0.39 is 36.0 Å².